The van der Waals surface area contributed by atoms with Crippen LogP contribution in [0.5, 0.6) is 0 Å². The van der Waals surface area contributed by atoms with Crippen LogP contribution in [0, 0.1) is 0 Å². The van der Waals surface area contributed by atoms with Gasteiger partial charge in [-0.15, -0.1) is 0 Å². The SMILES string of the molecule is CN(C)Cc1ccc(CC(=O)O)o1. The van der Waals surface area contributed by atoms with E-state index in [1.807, 2.05) is 19.0 Å². The molecule has 1 aromatic rings. The molecular weight excluding hydrogens is 170 g/mol. The molecule has 0 saturated heterocycles. The average molecular weight is 183 g/mol. The lowest BCUT2D eigenvalue weighted by Crippen LogP contribution is -2.09. The van der Waals surface area contributed by atoms with Gasteiger partial charge in [-0.05, 0) is 26.2 Å². The fraction of sp³-hybridized carbons (Fsp3) is 0.444. The third kappa shape index (κ3) is 3.29. The number of nitrogens with zero attached hydrogens (tertiary/aromatic N) is 1. The molecule has 1 aromatic heterocycles. The van der Waals surface area contributed by atoms with E-state index in [4.69, 9.17) is 9.52 Å². The maximum atomic E-state index is 10.3. The van der Waals surface area contributed by atoms with Crippen molar-refractivity contribution in [2.24, 2.45) is 0 Å². The maximum Gasteiger partial charge on any atom is 0.311 e. The van der Waals surface area contributed by atoms with Gasteiger partial charge in [-0.1, -0.05) is 0 Å². The smallest absolute Gasteiger partial charge is 0.311 e. The molecule has 0 unspecified atom stereocenters. The molecule has 4 heteroatoms. The van der Waals surface area contributed by atoms with Crippen molar-refractivity contribution in [3.05, 3.63) is 23.7 Å². The van der Waals surface area contributed by atoms with Crippen LogP contribution in [-0.2, 0) is 17.8 Å². The molecule has 0 aliphatic carbocycles. The van der Waals surface area contributed by atoms with E-state index in [9.17, 15) is 4.79 Å². The van der Waals surface area contributed by atoms with Crippen molar-refractivity contribution >= 4 is 5.97 Å². The summed E-state index contributed by atoms with van der Waals surface area (Å²) >= 11 is 0. The molecule has 0 aliphatic heterocycles. The molecule has 1 heterocycles. The highest BCUT2D eigenvalue weighted by molar-refractivity contribution is 5.69. The van der Waals surface area contributed by atoms with Crippen molar-refractivity contribution in [3.8, 4) is 0 Å². The van der Waals surface area contributed by atoms with Crippen LogP contribution >= 0.6 is 0 Å². The van der Waals surface area contributed by atoms with Gasteiger partial charge in [0.05, 0.1) is 6.54 Å². The Balaban J connectivity index is 2.58. The molecule has 0 saturated carbocycles. The lowest BCUT2D eigenvalue weighted by molar-refractivity contribution is -0.136. The third-order valence-corrected chi connectivity index (χ3v) is 1.51. The Kier molecular flexibility index (Phi) is 3.08. The van der Waals surface area contributed by atoms with Crippen molar-refractivity contribution in [1.82, 2.24) is 4.90 Å². The third-order valence-electron chi connectivity index (χ3n) is 1.51. The van der Waals surface area contributed by atoms with E-state index in [1.54, 1.807) is 12.1 Å². The fourth-order valence-corrected chi connectivity index (χ4v) is 1.06. The molecule has 0 atom stereocenters. The first-order chi connectivity index (χ1) is 6.08. The van der Waals surface area contributed by atoms with E-state index in [1.165, 1.54) is 0 Å². The molecule has 1 rings (SSSR count). The molecule has 0 bridgehead atoms. The van der Waals surface area contributed by atoms with Gasteiger partial charge in [0.25, 0.3) is 0 Å². The summed E-state index contributed by atoms with van der Waals surface area (Å²) in [5, 5.41) is 8.49. The number of hydrogen-bond acceptors (Lipinski definition) is 3. The van der Waals surface area contributed by atoms with Crippen molar-refractivity contribution in [2.75, 3.05) is 14.1 Å². The molecule has 0 fully saturated rings. The molecule has 0 radical (unpaired) electrons. The molecule has 4 nitrogen and oxygen atoms in total. The van der Waals surface area contributed by atoms with Crippen molar-refractivity contribution in [3.63, 3.8) is 0 Å². The Morgan fingerprint density at radius 2 is 2.08 bits per heavy atom. The second kappa shape index (κ2) is 4.09. The monoisotopic (exact) mass is 183 g/mol. The van der Waals surface area contributed by atoms with Gasteiger partial charge in [-0.2, -0.15) is 0 Å². The van der Waals surface area contributed by atoms with Gasteiger partial charge < -0.3 is 14.4 Å². The van der Waals surface area contributed by atoms with Gasteiger partial charge in [-0.3, -0.25) is 4.79 Å². The number of hydrogen-bond donors (Lipinski definition) is 1. The second-order valence-electron chi connectivity index (χ2n) is 3.18. The van der Waals surface area contributed by atoms with Gasteiger partial charge in [0.2, 0.25) is 0 Å². The number of carboxylic acids is 1. The first-order valence-corrected chi connectivity index (χ1v) is 4.02. The Hall–Kier alpha value is -1.29. The number of carbonyl (C=O) groups is 1. The van der Waals surface area contributed by atoms with Crippen molar-refractivity contribution in [1.29, 1.82) is 0 Å². The average Bonchev–Trinajstić information content (AvgIpc) is 2.33. The van der Waals surface area contributed by atoms with E-state index < -0.39 is 5.97 Å². The molecule has 0 amide bonds. The van der Waals surface area contributed by atoms with Crippen molar-refractivity contribution < 1.29 is 14.3 Å². The molecular formula is C9H13NO3. The summed E-state index contributed by atoms with van der Waals surface area (Å²) in [6.45, 7) is 0.694. The number of carboxylic acid groups (broad SMARTS) is 1. The quantitative estimate of drug-likeness (QED) is 0.755. The Labute approximate surface area is 76.8 Å². The van der Waals surface area contributed by atoms with Crippen LogP contribution in [-0.4, -0.2) is 30.1 Å². The zero-order valence-electron chi connectivity index (χ0n) is 7.78. The summed E-state index contributed by atoms with van der Waals surface area (Å²) in [5.74, 6) is 0.427. The molecule has 0 aliphatic rings. The summed E-state index contributed by atoms with van der Waals surface area (Å²) in [6.07, 6.45) is -0.0482. The van der Waals surface area contributed by atoms with Gasteiger partial charge in [0.1, 0.15) is 17.9 Å². The van der Waals surface area contributed by atoms with Gasteiger partial charge in [-0.25, -0.2) is 0 Å². The van der Waals surface area contributed by atoms with E-state index in [2.05, 4.69) is 0 Å². The van der Waals surface area contributed by atoms with Crippen LogP contribution in [0.15, 0.2) is 16.5 Å². The lowest BCUT2D eigenvalue weighted by atomic mass is 10.3. The summed E-state index contributed by atoms with van der Waals surface area (Å²) in [7, 11) is 3.86. The summed E-state index contributed by atoms with van der Waals surface area (Å²) in [4.78, 5) is 12.3. The van der Waals surface area contributed by atoms with E-state index in [0.717, 1.165) is 5.76 Å². The van der Waals surface area contributed by atoms with Crippen LogP contribution in [0.25, 0.3) is 0 Å². The summed E-state index contributed by atoms with van der Waals surface area (Å²) < 4.78 is 5.28. The minimum absolute atomic E-state index is 0.0482. The number of rotatable bonds is 4. The van der Waals surface area contributed by atoms with Gasteiger partial charge in [0.15, 0.2) is 0 Å². The highest BCUT2D eigenvalue weighted by atomic mass is 16.4. The maximum absolute atomic E-state index is 10.3. The fourth-order valence-electron chi connectivity index (χ4n) is 1.06. The largest absolute Gasteiger partial charge is 0.481 e. The zero-order chi connectivity index (χ0) is 9.84. The van der Waals surface area contributed by atoms with Crippen LogP contribution in [0.4, 0.5) is 0 Å². The Bertz CT molecular complexity index is 291. The highest BCUT2D eigenvalue weighted by Gasteiger charge is 2.06. The molecule has 0 aromatic carbocycles. The Morgan fingerprint density at radius 3 is 2.62 bits per heavy atom. The number of aliphatic carboxylic acids is 1. The topological polar surface area (TPSA) is 53.7 Å². The molecule has 1 N–H and O–H groups in total. The normalized spacial score (nSPS) is 10.7. The Morgan fingerprint density at radius 1 is 1.46 bits per heavy atom. The van der Waals surface area contributed by atoms with Crippen molar-refractivity contribution in [2.45, 2.75) is 13.0 Å². The first kappa shape index (κ1) is 9.80. The minimum atomic E-state index is -0.870. The van der Waals surface area contributed by atoms with Crippen LogP contribution in [0.2, 0.25) is 0 Å². The van der Waals surface area contributed by atoms with Gasteiger partial charge >= 0.3 is 5.97 Å². The summed E-state index contributed by atoms with van der Waals surface area (Å²) in [5.41, 5.74) is 0. The van der Waals surface area contributed by atoms with Crippen LogP contribution in [0.3, 0.4) is 0 Å². The van der Waals surface area contributed by atoms with E-state index in [-0.39, 0.29) is 6.42 Å². The standard InChI is InChI=1S/C9H13NO3/c1-10(2)6-8-4-3-7(13-8)5-9(11)12/h3-4H,5-6H2,1-2H3,(H,11,12). The second-order valence-corrected chi connectivity index (χ2v) is 3.18. The minimum Gasteiger partial charge on any atom is -0.481 e. The molecule has 13 heavy (non-hydrogen) atoms. The lowest BCUT2D eigenvalue weighted by Gasteiger charge is -2.05. The van der Waals surface area contributed by atoms with Crippen LogP contribution in [0.1, 0.15) is 11.5 Å². The highest BCUT2D eigenvalue weighted by Crippen LogP contribution is 2.09. The molecule has 0 spiro atoms. The molecule has 72 valence electrons. The van der Waals surface area contributed by atoms with E-state index >= 15 is 0 Å². The predicted molar refractivity (Wildman–Crippen MR) is 47.4 cm³/mol. The summed E-state index contributed by atoms with van der Waals surface area (Å²) in [6, 6.07) is 3.51. The zero-order valence-corrected chi connectivity index (χ0v) is 7.78. The van der Waals surface area contributed by atoms with E-state index in [0.29, 0.717) is 12.3 Å². The first-order valence-electron chi connectivity index (χ1n) is 4.02. The predicted octanol–water partition coefficient (Wildman–Crippen LogP) is 0.968. The van der Waals surface area contributed by atoms with Crippen LogP contribution < -0.4 is 0 Å². The number of furan rings is 1. The van der Waals surface area contributed by atoms with Gasteiger partial charge in [0, 0.05) is 0 Å².